The van der Waals surface area contributed by atoms with Gasteiger partial charge in [-0.25, -0.2) is 9.80 Å². The molecule has 0 radical (unpaired) electrons. The van der Waals surface area contributed by atoms with Crippen LogP contribution in [0.2, 0.25) is 0 Å². The minimum Gasteiger partial charge on any atom is -0.443 e. The Morgan fingerprint density at radius 3 is 2.46 bits per heavy atom. The minimum atomic E-state index is -0.679. The van der Waals surface area contributed by atoms with Crippen LogP contribution in [-0.2, 0) is 9.53 Å². The fraction of sp³-hybridized carbons (Fsp3) is 0.714. The first-order valence-corrected chi connectivity index (χ1v) is 3.81. The molecule has 0 aliphatic heterocycles. The highest BCUT2D eigenvalue weighted by Gasteiger charge is 2.20. The summed E-state index contributed by atoms with van der Waals surface area (Å²) in [7, 11) is 0. The third kappa shape index (κ3) is 5.15. The smallest absolute Gasteiger partial charge is 0.426 e. The van der Waals surface area contributed by atoms with Gasteiger partial charge in [-0.05, 0) is 20.8 Å². The van der Waals surface area contributed by atoms with Crippen molar-refractivity contribution in [3.05, 3.63) is 0 Å². The molecule has 1 amide bonds. The summed E-state index contributed by atoms with van der Waals surface area (Å²) in [6.45, 7) is 5.02. The van der Waals surface area contributed by atoms with Crippen molar-refractivity contribution in [2.45, 2.75) is 26.4 Å². The molecule has 0 aromatic heterocycles. The number of nitrogens with zero attached hydrogens (tertiary/aromatic N) is 1. The highest BCUT2D eigenvalue weighted by Crippen LogP contribution is 2.08. The van der Waals surface area contributed by atoms with Crippen molar-refractivity contribution < 1.29 is 14.3 Å². The molecule has 76 valence electrons. The van der Waals surface area contributed by atoms with Crippen LogP contribution in [-0.4, -0.2) is 29.5 Å². The van der Waals surface area contributed by atoms with Gasteiger partial charge in [-0.2, -0.15) is 5.53 Å². The van der Waals surface area contributed by atoms with Gasteiger partial charge in [-0.1, -0.05) is 0 Å². The first-order chi connectivity index (χ1) is 5.90. The zero-order valence-corrected chi connectivity index (χ0v) is 8.03. The number of hydrazine groups is 2. The zero-order chi connectivity index (χ0) is 10.5. The second kappa shape index (κ2) is 4.78. The summed E-state index contributed by atoms with van der Waals surface area (Å²) < 4.78 is 4.93. The van der Waals surface area contributed by atoms with Crippen molar-refractivity contribution in [1.82, 2.24) is 10.5 Å². The Hall–Kier alpha value is -1.14. The average Bonchev–Trinajstić information content (AvgIpc) is 1.96. The molecule has 0 aromatic carbocycles. The number of amides is 1. The van der Waals surface area contributed by atoms with Gasteiger partial charge in [0, 0.05) is 0 Å². The molecule has 13 heavy (non-hydrogen) atoms. The number of hydrogen-bond acceptors (Lipinski definition) is 5. The first-order valence-electron chi connectivity index (χ1n) is 3.81. The molecular weight excluding hydrogens is 174 g/mol. The van der Waals surface area contributed by atoms with Crippen LogP contribution < -0.4 is 11.4 Å². The second-order valence-corrected chi connectivity index (χ2v) is 3.39. The van der Waals surface area contributed by atoms with Crippen LogP contribution in [0, 0.1) is 0 Å². The van der Waals surface area contributed by atoms with Gasteiger partial charge in [0.2, 0.25) is 0 Å². The number of carbonyl (C=O) groups excluding carboxylic acids is 2. The number of nitrogens with two attached hydrogens (primary N) is 1. The van der Waals surface area contributed by atoms with E-state index >= 15 is 0 Å². The molecular formula is C7H15N3O3. The van der Waals surface area contributed by atoms with Crippen LogP contribution in [0.1, 0.15) is 20.8 Å². The topological polar surface area (TPSA) is 84.7 Å². The van der Waals surface area contributed by atoms with Gasteiger partial charge < -0.3 is 9.53 Å². The molecule has 0 saturated carbocycles. The van der Waals surface area contributed by atoms with Crippen LogP contribution in [0.3, 0.4) is 0 Å². The van der Waals surface area contributed by atoms with Crippen LogP contribution >= 0.6 is 0 Å². The van der Waals surface area contributed by atoms with E-state index in [0.717, 1.165) is 5.01 Å². The maximum atomic E-state index is 11.2. The number of aldehydes is 1. The van der Waals surface area contributed by atoms with E-state index in [1.807, 2.05) is 0 Å². The lowest BCUT2D eigenvalue weighted by Crippen LogP contribution is -2.49. The Kier molecular flexibility index (Phi) is 4.36. The van der Waals surface area contributed by atoms with Crippen molar-refractivity contribution in [2.24, 2.45) is 5.84 Å². The SMILES string of the molecule is CC(C)(C)OC(=O)N(CC=O)NN. The molecule has 0 aliphatic rings. The van der Waals surface area contributed by atoms with Gasteiger partial charge in [-0.3, -0.25) is 5.84 Å². The summed E-state index contributed by atoms with van der Waals surface area (Å²) in [4.78, 5) is 21.3. The molecule has 0 saturated heterocycles. The Bertz CT molecular complexity index is 188. The summed E-state index contributed by atoms with van der Waals surface area (Å²) in [5, 5.41) is 0.873. The molecule has 0 rings (SSSR count). The van der Waals surface area contributed by atoms with Gasteiger partial charge in [0.05, 0.1) is 6.54 Å². The van der Waals surface area contributed by atoms with Crippen LogP contribution in [0.25, 0.3) is 0 Å². The van der Waals surface area contributed by atoms with Gasteiger partial charge in [0.1, 0.15) is 11.9 Å². The Labute approximate surface area is 77.0 Å². The van der Waals surface area contributed by atoms with E-state index in [-0.39, 0.29) is 6.54 Å². The molecule has 0 bridgehead atoms. The standard InChI is InChI=1S/C7H15N3O3/c1-7(2,3)13-6(12)10(9-8)4-5-11/h5,9H,4,8H2,1-3H3. The van der Waals surface area contributed by atoms with Crippen LogP contribution in [0.15, 0.2) is 0 Å². The van der Waals surface area contributed by atoms with Crippen molar-refractivity contribution in [2.75, 3.05) is 6.54 Å². The molecule has 0 unspecified atom stereocenters. The number of nitrogens with one attached hydrogen (secondary N) is 1. The lowest BCUT2D eigenvalue weighted by molar-refractivity contribution is -0.109. The minimum absolute atomic E-state index is 0.147. The van der Waals surface area contributed by atoms with Crippen molar-refractivity contribution >= 4 is 12.4 Å². The van der Waals surface area contributed by atoms with Crippen molar-refractivity contribution in [3.63, 3.8) is 0 Å². The third-order valence-corrected chi connectivity index (χ3v) is 1.03. The Balaban J connectivity index is 4.13. The summed E-state index contributed by atoms with van der Waals surface area (Å²) in [5.41, 5.74) is 1.45. The number of rotatable bonds is 3. The second-order valence-electron chi connectivity index (χ2n) is 3.39. The van der Waals surface area contributed by atoms with Crippen molar-refractivity contribution in [1.29, 1.82) is 0 Å². The molecule has 0 atom stereocenters. The molecule has 3 N–H and O–H groups in total. The Morgan fingerprint density at radius 1 is 1.62 bits per heavy atom. The van der Waals surface area contributed by atoms with E-state index in [1.54, 1.807) is 20.8 Å². The molecule has 0 spiro atoms. The maximum Gasteiger partial charge on any atom is 0.426 e. The van der Waals surface area contributed by atoms with Gasteiger partial charge in [0.15, 0.2) is 0 Å². The number of carbonyl (C=O) groups is 2. The lowest BCUT2D eigenvalue weighted by atomic mass is 10.2. The van der Waals surface area contributed by atoms with Crippen LogP contribution in [0.5, 0.6) is 0 Å². The fourth-order valence-electron chi connectivity index (χ4n) is 0.572. The quantitative estimate of drug-likeness (QED) is 0.365. The van der Waals surface area contributed by atoms with E-state index in [4.69, 9.17) is 10.6 Å². The van der Waals surface area contributed by atoms with Gasteiger partial charge in [0.25, 0.3) is 0 Å². The molecule has 0 aliphatic carbocycles. The predicted octanol–water partition coefficient (Wildman–Crippen LogP) is -0.199. The maximum absolute atomic E-state index is 11.2. The van der Waals surface area contributed by atoms with Gasteiger partial charge >= 0.3 is 6.09 Å². The zero-order valence-electron chi connectivity index (χ0n) is 8.03. The van der Waals surface area contributed by atoms with E-state index in [2.05, 4.69) is 5.53 Å². The first kappa shape index (κ1) is 11.9. The number of hydrogen-bond donors (Lipinski definition) is 2. The predicted molar refractivity (Wildman–Crippen MR) is 46.3 cm³/mol. The molecule has 0 heterocycles. The molecule has 0 aromatic rings. The summed E-state index contributed by atoms with van der Waals surface area (Å²) in [6.07, 6.45) is -0.133. The van der Waals surface area contributed by atoms with E-state index < -0.39 is 11.7 Å². The third-order valence-electron chi connectivity index (χ3n) is 1.03. The van der Waals surface area contributed by atoms with E-state index in [0.29, 0.717) is 6.29 Å². The average molecular weight is 189 g/mol. The monoisotopic (exact) mass is 189 g/mol. The Morgan fingerprint density at radius 2 is 2.15 bits per heavy atom. The van der Waals surface area contributed by atoms with Crippen LogP contribution in [0.4, 0.5) is 4.79 Å². The van der Waals surface area contributed by atoms with Crippen molar-refractivity contribution in [3.8, 4) is 0 Å². The summed E-state index contributed by atoms with van der Waals surface area (Å²) in [6, 6.07) is 0. The fourth-order valence-corrected chi connectivity index (χ4v) is 0.572. The lowest BCUT2D eigenvalue weighted by Gasteiger charge is -2.24. The molecule has 6 nitrogen and oxygen atoms in total. The van der Waals surface area contributed by atoms with E-state index in [9.17, 15) is 9.59 Å². The van der Waals surface area contributed by atoms with Gasteiger partial charge in [-0.15, -0.1) is 0 Å². The summed E-state index contributed by atoms with van der Waals surface area (Å²) >= 11 is 0. The normalized spacial score (nSPS) is 10.8. The highest BCUT2D eigenvalue weighted by atomic mass is 16.6. The van der Waals surface area contributed by atoms with E-state index in [1.165, 1.54) is 0 Å². The summed E-state index contributed by atoms with van der Waals surface area (Å²) in [5.74, 6) is 4.99. The molecule has 6 heteroatoms. The molecule has 0 fully saturated rings. The largest absolute Gasteiger partial charge is 0.443 e. The number of ether oxygens (including phenoxy) is 1. The highest BCUT2D eigenvalue weighted by molar-refractivity contribution is 5.71.